The first kappa shape index (κ1) is 23.7. The monoisotopic (exact) mass is 443 g/mol. The Bertz CT molecular complexity index is 884. The zero-order chi connectivity index (χ0) is 22.6. The summed E-state index contributed by atoms with van der Waals surface area (Å²) in [6.45, 7) is 1.72. The molecule has 3 atom stereocenters. The van der Waals surface area contributed by atoms with Crippen molar-refractivity contribution in [3.63, 3.8) is 0 Å². The van der Waals surface area contributed by atoms with E-state index in [0.717, 1.165) is 6.92 Å². The van der Waals surface area contributed by atoms with Crippen molar-refractivity contribution < 1.29 is 32.6 Å². The van der Waals surface area contributed by atoms with Gasteiger partial charge in [-0.25, -0.2) is 13.2 Å². The number of rotatable bonds is 4. The molecule has 0 bridgehead atoms. The summed E-state index contributed by atoms with van der Waals surface area (Å²) in [5.41, 5.74) is 0.487. The number of methoxy groups -OCH3 is 2. The Kier molecular flexibility index (Phi) is 7.54. The van der Waals surface area contributed by atoms with Crippen LogP contribution in [0.1, 0.15) is 6.92 Å². The van der Waals surface area contributed by atoms with E-state index in [1.54, 1.807) is 30.2 Å². The molecule has 11 heteroatoms. The minimum absolute atomic E-state index is 0.0610. The number of amides is 2. The van der Waals surface area contributed by atoms with Crippen molar-refractivity contribution in [2.45, 2.75) is 18.2 Å². The van der Waals surface area contributed by atoms with Crippen molar-refractivity contribution in [3.05, 3.63) is 18.2 Å². The first-order valence-electron chi connectivity index (χ1n) is 9.35. The van der Waals surface area contributed by atoms with Crippen molar-refractivity contribution in [2.24, 2.45) is 5.92 Å². The lowest BCUT2D eigenvalue weighted by Gasteiger charge is -2.25. The molecule has 2 N–H and O–H groups in total. The van der Waals surface area contributed by atoms with Gasteiger partial charge in [0.1, 0.15) is 11.5 Å². The minimum atomic E-state index is -3.19. The van der Waals surface area contributed by atoms with Crippen LogP contribution in [0, 0.1) is 5.92 Å². The summed E-state index contributed by atoms with van der Waals surface area (Å²) in [6.07, 6.45) is 0. The molecule has 1 aromatic carbocycles. The second kappa shape index (κ2) is 9.52. The van der Waals surface area contributed by atoms with Crippen molar-refractivity contribution in [2.75, 3.05) is 52.5 Å². The van der Waals surface area contributed by atoms with Gasteiger partial charge in [0.2, 0.25) is 0 Å². The first-order valence-corrected chi connectivity index (χ1v) is 11.1. The third kappa shape index (κ3) is 5.33. The molecule has 2 amide bonds. The molecule has 2 aliphatic heterocycles. The Balaban J connectivity index is 0.000000735. The molecule has 30 heavy (non-hydrogen) atoms. The van der Waals surface area contributed by atoms with Crippen molar-refractivity contribution in [1.82, 2.24) is 9.80 Å². The topological polar surface area (TPSA) is 125 Å². The van der Waals surface area contributed by atoms with Crippen LogP contribution in [0.15, 0.2) is 18.2 Å². The molecule has 2 fully saturated rings. The zero-order valence-electron chi connectivity index (χ0n) is 17.8. The number of carbonyl (C=O) groups excluding carboxylic acids is 1. The molecule has 0 unspecified atom stereocenters. The van der Waals surface area contributed by atoms with Crippen LogP contribution in [-0.2, 0) is 14.6 Å². The number of ether oxygens (including phenoxy) is 2. The summed E-state index contributed by atoms with van der Waals surface area (Å²) in [7, 11) is 3.64. The average Bonchev–Trinajstić information content (AvgIpc) is 3.20. The van der Waals surface area contributed by atoms with Gasteiger partial charge in [0.15, 0.2) is 9.84 Å². The number of urea groups is 1. The Labute approximate surface area is 176 Å². The highest BCUT2D eigenvalue weighted by molar-refractivity contribution is 7.92. The zero-order valence-corrected chi connectivity index (χ0v) is 18.6. The predicted molar refractivity (Wildman–Crippen MR) is 112 cm³/mol. The molecular weight excluding hydrogens is 414 g/mol. The molecule has 2 aliphatic rings. The van der Waals surface area contributed by atoms with Crippen LogP contribution in [0.2, 0.25) is 0 Å². The highest BCUT2D eigenvalue weighted by atomic mass is 32.2. The number of carboxylic acids is 1. The number of anilines is 1. The quantitative estimate of drug-likeness (QED) is 0.706. The van der Waals surface area contributed by atoms with Gasteiger partial charge in [-0.2, -0.15) is 0 Å². The van der Waals surface area contributed by atoms with Crippen molar-refractivity contribution in [3.8, 4) is 11.5 Å². The number of hydrogen-bond donors (Lipinski definition) is 2. The van der Waals surface area contributed by atoms with E-state index in [1.165, 1.54) is 7.11 Å². The summed E-state index contributed by atoms with van der Waals surface area (Å²) in [6, 6.07) is 4.73. The molecule has 3 rings (SSSR count). The fourth-order valence-corrected chi connectivity index (χ4v) is 6.31. The van der Waals surface area contributed by atoms with Crippen LogP contribution in [-0.4, -0.2) is 93.8 Å². The molecule has 0 saturated carbocycles. The van der Waals surface area contributed by atoms with Gasteiger partial charge in [0.05, 0.1) is 30.9 Å². The summed E-state index contributed by atoms with van der Waals surface area (Å²) < 4.78 is 35.4. The molecule has 10 nitrogen and oxygen atoms in total. The fraction of sp³-hybridized carbons (Fsp3) is 0.579. The number of nitrogens with zero attached hydrogens (tertiary/aromatic N) is 2. The number of benzene rings is 1. The molecule has 2 heterocycles. The molecule has 168 valence electrons. The van der Waals surface area contributed by atoms with Gasteiger partial charge in [0, 0.05) is 38.0 Å². The highest BCUT2D eigenvalue weighted by Gasteiger charge is 2.53. The lowest BCUT2D eigenvalue weighted by molar-refractivity contribution is -0.134. The molecule has 0 aromatic heterocycles. The maximum Gasteiger partial charge on any atom is 0.322 e. The van der Waals surface area contributed by atoms with Crippen LogP contribution < -0.4 is 14.8 Å². The largest absolute Gasteiger partial charge is 0.497 e. The number of fused-ring (bicyclic) bond motifs is 1. The minimum Gasteiger partial charge on any atom is -0.497 e. The number of likely N-dealkylation sites (tertiary alicyclic amines) is 1. The van der Waals surface area contributed by atoms with Gasteiger partial charge in [-0.15, -0.1) is 0 Å². The number of carboxylic acid groups (broad SMARTS) is 1. The molecule has 0 spiro atoms. The Morgan fingerprint density at radius 2 is 1.83 bits per heavy atom. The molecule has 1 aromatic rings. The summed E-state index contributed by atoms with van der Waals surface area (Å²) in [5, 5.41) is 9.74. The van der Waals surface area contributed by atoms with Gasteiger partial charge in [0.25, 0.3) is 5.97 Å². The fourth-order valence-electron chi connectivity index (χ4n) is 3.84. The maximum absolute atomic E-state index is 12.7. The Morgan fingerprint density at radius 1 is 1.20 bits per heavy atom. The Hall–Kier alpha value is -2.53. The van der Waals surface area contributed by atoms with E-state index in [2.05, 4.69) is 5.32 Å². The van der Waals surface area contributed by atoms with E-state index in [4.69, 9.17) is 19.4 Å². The van der Waals surface area contributed by atoms with Crippen molar-refractivity contribution in [1.29, 1.82) is 0 Å². The standard InChI is InChI=1S/C17H25N3O5S.C2H4O2/c1-19(2)14-10-26(22,23)16-9-20(8-12(14)16)17(21)18-13-7-11(24-3)5-6-15(13)25-4;1-2(3)4/h5-7,12,14,16H,8-10H2,1-4H3,(H,18,21);1H3,(H,3,4)/t12-,14+,16-;/m0./s1. The first-order chi connectivity index (χ1) is 14.0. The number of hydrogen-bond acceptors (Lipinski definition) is 7. The van der Waals surface area contributed by atoms with Gasteiger partial charge in [-0.05, 0) is 26.2 Å². The third-order valence-electron chi connectivity index (χ3n) is 5.27. The molecule has 2 saturated heterocycles. The van der Waals surface area contributed by atoms with E-state index in [1.807, 2.05) is 19.0 Å². The molecular formula is C19H29N3O7S. The van der Waals surface area contributed by atoms with Gasteiger partial charge < -0.3 is 29.7 Å². The van der Waals surface area contributed by atoms with Crippen molar-refractivity contribution >= 4 is 27.5 Å². The van der Waals surface area contributed by atoms with Crippen LogP contribution in [0.5, 0.6) is 11.5 Å². The van der Waals surface area contributed by atoms with Gasteiger partial charge >= 0.3 is 6.03 Å². The lowest BCUT2D eigenvalue weighted by Crippen LogP contribution is -2.39. The summed E-state index contributed by atoms with van der Waals surface area (Å²) in [5.74, 6) is 0.369. The number of carbonyl (C=O) groups is 2. The maximum atomic E-state index is 12.7. The number of aliphatic carboxylic acids is 1. The van der Waals surface area contributed by atoms with Crippen LogP contribution >= 0.6 is 0 Å². The molecule has 0 radical (unpaired) electrons. The Morgan fingerprint density at radius 3 is 2.37 bits per heavy atom. The van der Waals surface area contributed by atoms with Crippen LogP contribution in [0.25, 0.3) is 0 Å². The van der Waals surface area contributed by atoms with E-state index in [-0.39, 0.29) is 30.3 Å². The second-order valence-electron chi connectivity index (χ2n) is 7.48. The molecule has 0 aliphatic carbocycles. The third-order valence-corrected chi connectivity index (χ3v) is 7.49. The van der Waals surface area contributed by atoms with E-state index < -0.39 is 21.1 Å². The number of sulfone groups is 1. The summed E-state index contributed by atoms with van der Waals surface area (Å²) >= 11 is 0. The van der Waals surface area contributed by atoms with Gasteiger partial charge in [-0.1, -0.05) is 0 Å². The van der Waals surface area contributed by atoms with Crippen LogP contribution in [0.4, 0.5) is 10.5 Å². The smallest absolute Gasteiger partial charge is 0.322 e. The second-order valence-corrected chi connectivity index (χ2v) is 9.75. The average molecular weight is 444 g/mol. The van der Waals surface area contributed by atoms with Crippen LogP contribution in [0.3, 0.4) is 0 Å². The van der Waals surface area contributed by atoms with E-state index >= 15 is 0 Å². The predicted octanol–water partition coefficient (Wildman–Crippen LogP) is 0.986. The highest BCUT2D eigenvalue weighted by Crippen LogP contribution is 2.36. The van der Waals surface area contributed by atoms with E-state index in [0.29, 0.717) is 23.7 Å². The normalized spacial score (nSPS) is 23.9. The SMILES string of the molecule is CC(=O)O.COc1ccc(OC)c(NC(=O)N2C[C@H]3[C@H](N(C)C)CS(=O)(=O)[C@H]3C2)c1. The van der Waals surface area contributed by atoms with Gasteiger partial charge in [-0.3, -0.25) is 4.79 Å². The van der Waals surface area contributed by atoms with E-state index in [9.17, 15) is 13.2 Å². The lowest BCUT2D eigenvalue weighted by atomic mass is 10.00. The summed E-state index contributed by atoms with van der Waals surface area (Å²) in [4.78, 5) is 25.2. The number of nitrogens with one attached hydrogen (secondary N) is 1.